The van der Waals surface area contributed by atoms with Gasteiger partial charge in [0, 0.05) is 32.2 Å². The predicted octanol–water partition coefficient (Wildman–Crippen LogP) is 3.36. The molecule has 0 aromatic carbocycles. The van der Waals surface area contributed by atoms with Crippen molar-refractivity contribution >= 4 is 17.3 Å². The third kappa shape index (κ3) is 5.74. The molecule has 1 aliphatic carbocycles. The van der Waals surface area contributed by atoms with Crippen LogP contribution in [-0.4, -0.2) is 37.7 Å². The molecule has 1 fully saturated rings. The van der Waals surface area contributed by atoms with Gasteiger partial charge in [0.05, 0.1) is 17.2 Å². The van der Waals surface area contributed by atoms with Gasteiger partial charge in [0.2, 0.25) is 0 Å². The quantitative estimate of drug-likeness (QED) is 0.528. The second-order valence-corrected chi connectivity index (χ2v) is 7.53. The second kappa shape index (κ2) is 9.99. The smallest absolute Gasteiger partial charge is 0.191 e. The Kier molecular flexibility index (Phi) is 7.99. The molecule has 1 saturated carbocycles. The summed E-state index contributed by atoms with van der Waals surface area (Å²) in [5.41, 5.74) is 1.42. The molecule has 0 aliphatic heterocycles. The van der Waals surface area contributed by atoms with Crippen molar-refractivity contribution in [2.24, 2.45) is 10.4 Å². The van der Waals surface area contributed by atoms with Gasteiger partial charge in [0.1, 0.15) is 0 Å². The zero-order valence-corrected chi connectivity index (χ0v) is 16.2. The first-order chi connectivity index (χ1) is 11.7. The normalized spacial score (nSPS) is 17.2. The Morgan fingerprint density at radius 1 is 1.33 bits per heavy atom. The van der Waals surface area contributed by atoms with Crippen LogP contribution in [0, 0.1) is 5.41 Å². The van der Waals surface area contributed by atoms with Crippen LogP contribution in [-0.2, 0) is 17.7 Å². The minimum atomic E-state index is 0.363. The molecule has 5 nitrogen and oxygen atoms in total. The molecular formula is C18H32N4OS. The fourth-order valence-corrected chi connectivity index (χ4v) is 4.05. The standard InChI is InChI=1S/C18H32N4OS/c1-4-16-22-15(13-24-16)12-20-17(19-5-2)21-14-18(10-11-23-3)8-6-7-9-18/h13H,4-12,14H2,1-3H3,(H2,19,20,21). The maximum Gasteiger partial charge on any atom is 0.191 e. The summed E-state index contributed by atoms with van der Waals surface area (Å²) in [5, 5.41) is 10.2. The average molecular weight is 353 g/mol. The van der Waals surface area contributed by atoms with Crippen LogP contribution < -0.4 is 10.6 Å². The molecule has 0 amide bonds. The van der Waals surface area contributed by atoms with Crippen LogP contribution >= 0.6 is 11.3 Å². The largest absolute Gasteiger partial charge is 0.385 e. The van der Waals surface area contributed by atoms with E-state index in [-0.39, 0.29) is 0 Å². The zero-order chi connectivity index (χ0) is 17.3. The van der Waals surface area contributed by atoms with Gasteiger partial charge in [-0.05, 0) is 38.0 Å². The molecule has 1 aliphatic rings. The van der Waals surface area contributed by atoms with E-state index in [0.29, 0.717) is 12.0 Å². The van der Waals surface area contributed by atoms with Gasteiger partial charge in [0.25, 0.3) is 0 Å². The molecule has 2 rings (SSSR count). The van der Waals surface area contributed by atoms with Gasteiger partial charge in [-0.15, -0.1) is 11.3 Å². The molecule has 0 spiro atoms. The summed E-state index contributed by atoms with van der Waals surface area (Å²) in [5.74, 6) is 0.896. The Hall–Kier alpha value is -1.14. The van der Waals surface area contributed by atoms with Gasteiger partial charge in [-0.25, -0.2) is 9.98 Å². The number of aromatic nitrogens is 1. The first kappa shape index (κ1) is 19.2. The summed E-state index contributed by atoms with van der Waals surface area (Å²) in [4.78, 5) is 9.30. The number of hydrogen-bond acceptors (Lipinski definition) is 4. The lowest BCUT2D eigenvalue weighted by atomic mass is 9.83. The van der Waals surface area contributed by atoms with Gasteiger partial charge >= 0.3 is 0 Å². The minimum absolute atomic E-state index is 0.363. The molecule has 0 atom stereocenters. The summed E-state index contributed by atoms with van der Waals surface area (Å²) in [6.07, 6.45) is 7.36. The number of nitrogens with one attached hydrogen (secondary N) is 2. The van der Waals surface area contributed by atoms with Crippen LogP contribution in [0.4, 0.5) is 0 Å². The number of guanidine groups is 1. The van der Waals surface area contributed by atoms with E-state index in [1.54, 1.807) is 18.4 Å². The maximum absolute atomic E-state index is 5.32. The van der Waals surface area contributed by atoms with E-state index in [0.717, 1.165) is 44.2 Å². The van der Waals surface area contributed by atoms with Gasteiger partial charge in [-0.3, -0.25) is 0 Å². The van der Waals surface area contributed by atoms with Gasteiger partial charge < -0.3 is 15.4 Å². The van der Waals surface area contributed by atoms with E-state index in [1.807, 2.05) is 0 Å². The summed E-state index contributed by atoms with van der Waals surface area (Å²) >= 11 is 1.72. The fourth-order valence-electron chi connectivity index (χ4n) is 3.32. The van der Waals surface area contributed by atoms with Crippen molar-refractivity contribution in [3.05, 3.63) is 16.1 Å². The summed E-state index contributed by atoms with van der Waals surface area (Å²) in [7, 11) is 1.79. The number of aryl methyl sites for hydroxylation is 1. The molecule has 0 unspecified atom stereocenters. The van der Waals surface area contributed by atoms with Crippen molar-refractivity contribution in [3.8, 4) is 0 Å². The molecule has 1 aromatic rings. The molecular weight excluding hydrogens is 320 g/mol. The molecule has 1 aromatic heterocycles. The van der Waals surface area contributed by atoms with E-state index in [4.69, 9.17) is 9.73 Å². The maximum atomic E-state index is 5.32. The monoisotopic (exact) mass is 352 g/mol. The van der Waals surface area contributed by atoms with Gasteiger partial charge in [-0.2, -0.15) is 0 Å². The molecule has 136 valence electrons. The fraction of sp³-hybridized carbons (Fsp3) is 0.778. The van der Waals surface area contributed by atoms with E-state index in [9.17, 15) is 0 Å². The summed E-state index contributed by atoms with van der Waals surface area (Å²) in [6.45, 7) is 7.56. The topological polar surface area (TPSA) is 58.5 Å². The first-order valence-corrected chi connectivity index (χ1v) is 10.0. The van der Waals surface area contributed by atoms with Crippen molar-refractivity contribution in [2.75, 3.05) is 26.8 Å². The number of aliphatic imine (C=N–C) groups is 1. The molecule has 2 N–H and O–H groups in total. The Labute approximate surface area is 150 Å². The van der Waals surface area contributed by atoms with E-state index >= 15 is 0 Å². The number of methoxy groups -OCH3 is 1. The Balaban J connectivity index is 1.92. The van der Waals surface area contributed by atoms with Crippen LogP contribution in [0.25, 0.3) is 0 Å². The Morgan fingerprint density at radius 2 is 2.12 bits per heavy atom. The van der Waals surface area contributed by atoms with E-state index in [1.165, 1.54) is 30.7 Å². The summed E-state index contributed by atoms with van der Waals surface area (Å²) in [6, 6.07) is 0. The van der Waals surface area contributed by atoms with E-state index < -0.39 is 0 Å². The number of rotatable bonds is 9. The highest BCUT2D eigenvalue weighted by Crippen LogP contribution is 2.40. The van der Waals surface area contributed by atoms with Crippen molar-refractivity contribution in [1.82, 2.24) is 15.6 Å². The number of thiazole rings is 1. The van der Waals surface area contributed by atoms with Crippen LogP contribution in [0.15, 0.2) is 10.4 Å². The lowest BCUT2D eigenvalue weighted by molar-refractivity contribution is 0.138. The molecule has 1 heterocycles. The van der Waals surface area contributed by atoms with Crippen molar-refractivity contribution < 1.29 is 4.74 Å². The Bertz CT molecular complexity index is 509. The SMILES string of the molecule is CCNC(=NCc1csc(CC)n1)NCC1(CCOC)CCCC1. The molecule has 0 bridgehead atoms. The predicted molar refractivity (Wildman–Crippen MR) is 102 cm³/mol. The lowest BCUT2D eigenvalue weighted by Crippen LogP contribution is -2.43. The van der Waals surface area contributed by atoms with Crippen LogP contribution in [0.5, 0.6) is 0 Å². The first-order valence-electron chi connectivity index (χ1n) is 9.16. The second-order valence-electron chi connectivity index (χ2n) is 6.58. The number of hydrogen-bond donors (Lipinski definition) is 2. The number of ether oxygens (including phenoxy) is 1. The highest BCUT2D eigenvalue weighted by molar-refractivity contribution is 7.09. The number of nitrogens with zero attached hydrogens (tertiary/aromatic N) is 2. The molecule has 6 heteroatoms. The molecule has 0 saturated heterocycles. The Morgan fingerprint density at radius 3 is 2.75 bits per heavy atom. The highest BCUT2D eigenvalue weighted by Gasteiger charge is 2.33. The van der Waals surface area contributed by atoms with Crippen molar-refractivity contribution in [3.63, 3.8) is 0 Å². The average Bonchev–Trinajstić information content (AvgIpc) is 3.25. The van der Waals surface area contributed by atoms with Crippen molar-refractivity contribution in [2.45, 2.75) is 58.9 Å². The third-order valence-corrected chi connectivity index (χ3v) is 5.82. The lowest BCUT2D eigenvalue weighted by Gasteiger charge is -2.30. The minimum Gasteiger partial charge on any atom is -0.385 e. The summed E-state index contributed by atoms with van der Waals surface area (Å²) < 4.78 is 5.32. The molecule has 24 heavy (non-hydrogen) atoms. The molecule has 0 radical (unpaired) electrons. The van der Waals surface area contributed by atoms with Crippen LogP contribution in [0.3, 0.4) is 0 Å². The van der Waals surface area contributed by atoms with Gasteiger partial charge in [0.15, 0.2) is 5.96 Å². The van der Waals surface area contributed by atoms with Crippen LogP contribution in [0.1, 0.15) is 56.7 Å². The van der Waals surface area contributed by atoms with Crippen LogP contribution in [0.2, 0.25) is 0 Å². The van der Waals surface area contributed by atoms with E-state index in [2.05, 4.69) is 34.8 Å². The highest BCUT2D eigenvalue weighted by atomic mass is 32.1. The van der Waals surface area contributed by atoms with Gasteiger partial charge in [-0.1, -0.05) is 19.8 Å². The zero-order valence-electron chi connectivity index (χ0n) is 15.4. The third-order valence-electron chi connectivity index (χ3n) is 4.78. The van der Waals surface area contributed by atoms with Crippen molar-refractivity contribution in [1.29, 1.82) is 0 Å².